The summed E-state index contributed by atoms with van der Waals surface area (Å²) in [5, 5.41) is 3.01. The first-order valence-corrected chi connectivity index (χ1v) is 5.98. The van der Waals surface area contributed by atoms with Crippen LogP contribution >= 0.6 is 11.6 Å². The molecule has 1 aliphatic carbocycles. The Kier molecular flexibility index (Phi) is 2.52. The molecule has 0 bridgehead atoms. The van der Waals surface area contributed by atoms with E-state index in [1.807, 2.05) is 24.4 Å². The second-order valence-corrected chi connectivity index (χ2v) is 4.76. The fourth-order valence-corrected chi connectivity index (χ4v) is 2.55. The van der Waals surface area contributed by atoms with Crippen molar-refractivity contribution in [2.24, 2.45) is 0 Å². The fraction of sp³-hybridized carbons (Fsp3) is 0.214. The van der Waals surface area contributed by atoms with Gasteiger partial charge in [0.15, 0.2) is 0 Å². The van der Waals surface area contributed by atoms with Gasteiger partial charge >= 0.3 is 0 Å². The maximum atomic E-state index is 6.00. The van der Waals surface area contributed by atoms with E-state index in [0.717, 1.165) is 28.0 Å². The number of allylic oxidation sites excluding steroid dienone is 4. The summed E-state index contributed by atoms with van der Waals surface area (Å²) in [7, 11) is 0. The number of furan rings is 1. The highest BCUT2D eigenvalue weighted by molar-refractivity contribution is 6.31. The zero-order valence-electron chi connectivity index (χ0n) is 9.48. The van der Waals surface area contributed by atoms with E-state index in [1.54, 1.807) is 12.5 Å². The fourth-order valence-electron chi connectivity index (χ4n) is 2.29. The van der Waals surface area contributed by atoms with Crippen LogP contribution in [0.2, 0.25) is 0 Å². The molecule has 2 aromatic heterocycles. The lowest BCUT2D eigenvalue weighted by atomic mass is 9.89. The molecule has 2 aromatic rings. The number of rotatable bonds is 1. The van der Waals surface area contributed by atoms with Gasteiger partial charge in [0.2, 0.25) is 0 Å². The Morgan fingerprint density at radius 2 is 2.35 bits per heavy atom. The molecule has 1 atom stereocenters. The van der Waals surface area contributed by atoms with Gasteiger partial charge < -0.3 is 4.42 Å². The first-order chi connectivity index (χ1) is 8.25. The van der Waals surface area contributed by atoms with Gasteiger partial charge in [0.1, 0.15) is 12.0 Å². The maximum absolute atomic E-state index is 6.00. The zero-order chi connectivity index (χ0) is 11.8. The van der Waals surface area contributed by atoms with Gasteiger partial charge in [-0.05, 0) is 25.5 Å². The molecule has 86 valence electrons. The topological polar surface area (TPSA) is 26.0 Å². The summed E-state index contributed by atoms with van der Waals surface area (Å²) in [6, 6.07) is 2.00. The van der Waals surface area contributed by atoms with Crippen molar-refractivity contribution in [3.63, 3.8) is 0 Å². The third-order valence-corrected chi connectivity index (χ3v) is 3.47. The molecule has 1 aliphatic rings. The van der Waals surface area contributed by atoms with E-state index in [-0.39, 0.29) is 5.92 Å². The van der Waals surface area contributed by atoms with Crippen molar-refractivity contribution in [2.75, 3.05) is 0 Å². The van der Waals surface area contributed by atoms with Crippen molar-refractivity contribution < 1.29 is 4.42 Å². The molecule has 0 aliphatic heterocycles. The highest BCUT2D eigenvalue weighted by Gasteiger charge is 2.21. The summed E-state index contributed by atoms with van der Waals surface area (Å²) in [6.07, 6.45) is 10.3. The van der Waals surface area contributed by atoms with E-state index >= 15 is 0 Å². The first kappa shape index (κ1) is 10.6. The molecule has 0 aromatic carbocycles. The minimum atomic E-state index is 0.289. The largest absolute Gasteiger partial charge is 0.467 e. The molecule has 0 amide bonds. The summed E-state index contributed by atoms with van der Waals surface area (Å²) in [6.45, 7) is 2.09. The first-order valence-electron chi connectivity index (χ1n) is 5.60. The molecule has 0 N–H and O–H groups in total. The molecule has 2 heterocycles. The number of pyridine rings is 1. The van der Waals surface area contributed by atoms with Crippen LogP contribution < -0.4 is 0 Å². The summed E-state index contributed by atoms with van der Waals surface area (Å²) >= 11 is 6.00. The van der Waals surface area contributed by atoms with Crippen LogP contribution in [0.5, 0.6) is 0 Å². The molecule has 2 nitrogen and oxygen atoms in total. The van der Waals surface area contributed by atoms with Gasteiger partial charge in [0, 0.05) is 34.1 Å². The van der Waals surface area contributed by atoms with Gasteiger partial charge in [-0.2, -0.15) is 0 Å². The van der Waals surface area contributed by atoms with Crippen LogP contribution in [0.1, 0.15) is 25.0 Å². The van der Waals surface area contributed by atoms with E-state index in [4.69, 9.17) is 16.0 Å². The molecule has 0 spiro atoms. The van der Waals surface area contributed by atoms with Crippen LogP contribution in [0, 0.1) is 0 Å². The molecule has 0 fully saturated rings. The van der Waals surface area contributed by atoms with Crippen LogP contribution in [0.15, 0.2) is 51.9 Å². The Morgan fingerprint density at radius 3 is 3.18 bits per heavy atom. The third-order valence-electron chi connectivity index (χ3n) is 3.21. The summed E-state index contributed by atoms with van der Waals surface area (Å²) in [4.78, 5) is 4.09. The van der Waals surface area contributed by atoms with Crippen molar-refractivity contribution in [1.82, 2.24) is 4.98 Å². The van der Waals surface area contributed by atoms with Crippen molar-refractivity contribution >= 4 is 22.4 Å². The number of halogens is 1. The molecule has 1 unspecified atom stereocenters. The van der Waals surface area contributed by atoms with Crippen molar-refractivity contribution in [2.45, 2.75) is 19.3 Å². The van der Waals surface area contributed by atoms with E-state index < -0.39 is 0 Å². The smallest absolute Gasteiger partial charge is 0.119 e. The highest BCUT2D eigenvalue weighted by atomic mass is 35.5. The van der Waals surface area contributed by atoms with Crippen molar-refractivity contribution in [1.29, 1.82) is 0 Å². The minimum absolute atomic E-state index is 0.289. The number of hydrogen-bond acceptors (Lipinski definition) is 2. The monoisotopic (exact) mass is 245 g/mol. The van der Waals surface area contributed by atoms with Gasteiger partial charge in [-0.25, -0.2) is 0 Å². The SMILES string of the molecule is CC1=CC(Cl)=CCC1c1occ2cnccc12. The van der Waals surface area contributed by atoms with E-state index in [1.165, 1.54) is 5.57 Å². The Hall–Kier alpha value is -1.54. The molecular formula is C14H12ClNO. The normalized spacial score (nSPS) is 20.2. The van der Waals surface area contributed by atoms with Crippen LogP contribution in [0.25, 0.3) is 10.8 Å². The average molecular weight is 246 g/mol. The second kappa shape index (κ2) is 4.04. The van der Waals surface area contributed by atoms with Gasteiger partial charge in [-0.1, -0.05) is 23.3 Å². The van der Waals surface area contributed by atoms with E-state index in [2.05, 4.69) is 11.9 Å². The van der Waals surface area contributed by atoms with Crippen molar-refractivity contribution in [3.05, 3.63) is 53.2 Å². The lowest BCUT2D eigenvalue weighted by Gasteiger charge is -2.18. The van der Waals surface area contributed by atoms with E-state index in [9.17, 15) is 0 Å². The number of hydrogen-bond donors (Lipinski definition) is 0. The van der Waals surface area contributed by atoms with Crippen LogP contribution in [0.3, 0.4) is 0 Å². The van der Waals surface area contributed by atoms with Gasteiger partial charge in [0.05, 0.1) is 0 Å². The molecular weight excluding hydrogens is 234 g/mol. The number of fused-ring (bicyclic) bond motifs is 1. The molecule has 0 saturated carbocycles. The lowest BCUT2D eigenvalue weighted by Crippen LogP contribution is -2.02. The van der Waals surface area contributed by atoms with Gasteiger partial charge in [0.25, 0.3) is 0 Å². The zero-order valence-corrected chi connectivity index (χ0v) is 10.2. The standard InChI is InChI=1S/C14H12ClNO/c1-9-6-11(15)2-3-12(9)14-13-4-5-16-7-10(13)8-17-14/h2,4-8,12H,3H2,1H3. The summed E-state index contributed by atoms with van der Waals surface area (Å²) in [5.41, 5.74) is 1.24. The summed E-state index contributed by atoms with van der Waals surface area (Å²) in [5.74, 6) is 1.30. The highest BCUT2D eigenvalue weighted by Crippen LogP contribution is 2.37. The summed E-state index contributed by atoms with van der Waals surface area (Å²) < 4.78 is 5.71. The maximum Gasteiger partial charge on any atom is 0.119 e. The quantitative estimate of drug-likeness (QED) is 0.745. The predicted octanol–water partition coefficient (Wildman–Crippen LogP) is 4.38. The number of nitrogens with zero attached hydrogens (tertiary/aromatic N) is 1. The van der Waals surface area contributed by atoms with Crippen molar-refractivity contribution in [3.8, 4) is 0 Å². The van der Waals surface area contributed by atoms with Crippen LogP contribution in [-0.4, -0.2) is 4.98 Å². The third kappa shape index (κ3) is 1.79. The van der Waals surface area contributed by atoms with E-state index in [0.29, 0.717) is 0 Å². The predicted molar refractivity (Wildman–Crippen MR) is 69.1 cm³/mol. The minimum Gasteiger partial charge on any atom is -0.467 e. The van der Waals surface area contributed by atoms with Gasteiger partial charge in [-0.3, -0.25) is 4.98 Å². The van der Waals surface area contributed by atoms with Crippen LogP contribution in [-0.2, 0) is 0 Å². The van der Waals surface area contributed by atoms with Crippen LogP contribution in [0.4, 0.5) is 0 Å². The Bertz CT molecular complexity index is 624. The Balaban J connectivity index is 2.09. The molecule has 3 rings (SSSR count). The lowest BCUT2D eigenvalue weighted by molar-refractivity contribution is 0.488. The molecule has 17 heavy (non-hydrogen) atoms. The van der Waals surface area contributed by atoms with Gasteiger partial charge in [-0.15, -0.1) is 0 Å². The molecule has 3 heteroatoms. The molecule has 0 saturated heterocycles. The average Bonchev–Trinajstić information content (AvgIpc) is 2.73. The second-order valence-electron chi connectivity index (χ2n) is 4.33. The number of aromatic nitrogens is 1. The Morgan fingerprint density at radius 1 is 1.47 bits per heavy atom. The molecule has 0 radical (unpaired) electrons. The Labute approximate surface area is 105 Å².